The number of rotatable bonds is 3. The van der Waals surface area contributed by atoms with Crippen molar-refractivity contribution in [3.63, 3.8) is 0 Å². The molecule has 1 aromatic rings. The molecular formula is C8H8N2O2. The van der Waals surface area contributed by atoms with E-state index < -0.39 is 5.91 Å². The first-order valence-corrected chi connectivity index (χ1v) is 3.45. The summed E-state index contributed by atoms with van der Waals surface area (Å²) in [6, 6.07) is 3.58. The molecule has 1 heterocycles. The minimum absolute atomic E-state index is 0.246. The Morgan fingerprint density at radius 2 is 2.50 bits per heavy atom. The van der Waals surface area contributed by atoms with E-state index in [9.17, 15) is 9.59 Å². The van der Waals surface area contributed by atoms with Crippen LogP contribution < -0.4 is 5.32 Å². The molecule has 0 aliphatic carbocycles. The third kappa shape index (κ3) is 2.49. The molecule has 1 aromatic heterocycles. The van der Waals surface area contributed by atoms with Gasteiger partial charge in [-0.2, -0.15) is 0 Å². The Hall–Kier alpha value is -1.71. The van der Waals surface area contributed by atoms with Crippen LogP contribution in [-0.4, -0.2) is 17.2 Å². The average Bonchev–Trinajstić information content (AvgIpc) is 2.16. The first-order chi connectivity index (χ1) is 5.83. The molecule has 0 saturated carbocycles. The third-order valence-corrected chi connectivity index (χ3v) is 1.30. The molecule has 0 atom stereocenters. The van der Waals surface area contributed by atoms with E-state index in [-0.39, 0.29) is 6.29 Å². The molecule has 0 aromatic carbocycles. The van der Waals surface area contributed by atoms with Crippen LogP contribution in [0.2, 0.25) is 0 Å². The minimum Gasteiger partial charge on any atom is -0.346 e. The summed E-state index contributed by atoms with van der Waals surface area (Å²) in [7, 11) is 0. The van der Waals surface area contributed by atoms with Crippen molar-refractivity contribution in [2.45, 2.75) is 6.54 Å². The molecule has 0 radical (unpaired) electrons. The van der Waals surface area contributed by atoms with Gasteiger partial charge in [0, 0.05) is 18.9 Å². The van der Waals surface area contributed by atoms with Crippen molar-refractivity contribution in [3.05, 3.63) is 30.1 Å². The lowest BCUT2D eigenvalue weighted by Gasteiger charge is -1.98. The van der Waals surface area contributed by atoms with E-state index in [0.717, 1.165) is 5.56 Å². The van der Waals surface area contributed by atoms with E-state index in [2.05, 4.69) is 10.3 Å². The van der Waals surface area contributed by atoms with Crippen LogP contribution in [0.5, 0.6) is 0 Å². The van der Waals surface area contributed by atoms with E-state index in [1.807, 2.05) is 6.07 Å². The summed E-state index contributed by atoms with van der Waals surface area (Å²) in [5.74, 6) is -0.612. The zero-order chi connectivity index (χ0) is 8.81. The second kappa shape index (κ2) is 4.23. The third-order valence-electron chi connectivity index (χ3n) is 1.30. The topological polar surface area (TPSA) is 59.1 Å². The van der Waals surface area contributed by atoms with Gasteiger partial charge in [-0.25, -0.2) is 0 Å². The average molecular weight is 164 g/mol. The normalized spacial score (nSPS) is 9.00. The number of carbonyl (C=O) groups excluding carboxylic acids is 2. The summed E-state index contributed by atoms with van der Waals surface area (Å²) >= 11 is 0. The molecule has 4 nitrogen and oxygen atoms in total. The van der Waals surface area contributed by atoms with Gasteiger partial charge in [0.25, 0.3) is 5.91 Å². The van der Waals surface area contributed by atoms with Gasteiger partial charge in [-0.1, -0.05) is 6.07 Å². The summed E-state index contributed by atoms with van der Waals surface area (Å²) in [5.41, 5.74) is 0.868. The first-order valence-electron chi connectivity index (χ1n) is 3.45. The number of carbonyl (C=O) groups is 2. The first kappa shape index (κ1) is 8.39. The fourth-order valence-corrected chi connectivity index (χ4v) is 0.734. The minimum atomic E-state index is -0.612. The standard InChI is InChI=1S/C8H8N2O2/c11-6-8(12)10-5-7-2-1-3-9-4-7/h1-4,6H,5H2,(H,10,12). The van der Waals surface area contributed by atoms with E-state index in [4.69, 9.17) is 0 Å². The molecular weight excluding hydrogens is 156 g/mol. The highest BCUT2D eigenvalue weighted by Gasteiger charge is 1.96. The Morgan fingerprint density at radius 3 is 3.08 bits per heavy atom. The van der Waals surface area contributed by atoms with Crippen LogP contribution in [0.25, 0.3) is 0 Å². The Morgan fingerprint density at radius 1 is 1.67 bits per heavy atom. The largest absolute Gasteiger partial charge is 0.346 e. The Kier molecular flexibility index (Phi) is 2.95. The molecule has 1 rings (SSSR count). The molecule has 0 aliphatic rings. The van der Waals surface area contributed by atoms with Crippen molar-refractivity contribution in [1.82, 2.24) is 10.3 Å². The van der Waals surface area contributed by atoms with E-state index >= 15 is 0 Å². The van der Waals surface area contributed by atoms with Gasteiger partial charge in [-0.05, 0) is 11.6 Å². The number of aldehydes is 1. The lowest BCUT2D eigenvalue weighted by Crippen LogP contribution is -2.23. The second-order valence-electron chi connectivity index (χ2n) is 2.20. The van der Waals surface area contributed by atoms with Crippen molar-refractivity contribution in [3.8, 4) is 0 Å². The maximum atomic E-state index is 10.5. The SMILES string of the molecule is O=CC(=O)NCc1cccnc1. The van der Waals surface area contributed by atoms with Crippen molar-refractivity contribution in [2.24, 2.45) is 0 Å². The van der Waals surface area contributed by atoms with Crippen molar-refractivity contribution < 1.29 is 9.59 Å². The molecule has 0 bridgehead atoms. The van der Waals surface area contributed by atoms with Crippen molar-refractivity contribution >= 4 is 12.2 Å². The summed E-state index contributed by atoms with van der Waals surface area (Å²) in [4.78, 5) is 24.2. The molecule has 0 unspecified atom stereocenters. The van der Waals surface area contributed by atoms with Crippen LogP contribution in [0, 0.1) is 0 Å². The molecule has 0 aliphatic heterocycles. The number of amides is 1. The van der Waals surface area contributed by atoms with Crippen LogP contribution >= 0.6 is 0 Å². The smallest absolute Gasteiger partial charge is 0.284 e. The maximum Gasteiger partial charge on any atom is 0.284 e. The van der Waals surface area contributed by atoms with Gasteiger partial charge in [0.05, 0.1) is 0 Å². The Balaban J connectivity index is 2.43. The quantitative estimate of drug-likeness (QED) is 0.501. The number of nitrogens with one attached hydrogen (secondary N) is 1. The molecule has 4 heteroatoms. The molecule has 0 fully saturated rings. The van der Waals surface area contributed by atoms with E-state index in [1.165, 1.54) is 0 Å². The zero-order valence-electron chi connectivity index (χ0n) is 6.36. The van der Waals surface area contributed by atoms with Gasteiger partial charge in [0.2, 0.25) is 6.29 Å². The van der Waals surface area contributed by atoms with Crippen molar-refractivity contribution in [1.29, 1.82) is 0 Å². The van der Waals surface area contributed by atoms with Gasteiger partial charge in [-0.3, -0.25) is 14.6 Å². The van der Waals surface area contributed by atoms with Crippen LogP contribution in [0.15, 0.2) is 24.5 Å². The van der Waals surface area contributed by atoms with Crippen LogP contribution in [0.1, 0.15) is 5.56 Å². The summed E-state index contributed by atoms with van der Waals surface area (Å²) in [6.45, 7) is 0.339. The zero-order valence-corrected chi connectivity index (χ0v) is 6.36. The lowest BCUT2D eigenvalue weighted by atomic mass is 10.3. The van der Waals surface area contributed by atoms with E-state index in [1.54, 1.807) is 18.5 Å². The molecule has 12 heavy (non-hydrogen) atoms. The Labute approximate surface area is 69.6 Å². The summed E-state index contributed by atoms with van der Waals surface area (Å²) in [6.07, 6.45) is 3.52. The van der Waals surface area contributed by atoms with Crippen LogP contribution in [0.4, 0.5) is 0 Å². The van der Waals surface area contributed by atoms with Gasteiger partial charge in [0.1, 0.15) is 0 Å². The van der Waals surface area contributed by atoms with Gasteiger partial charge in [-0.15, -0.1) is 0 Å². The molecule has 1 N–H and O–H groups in total. The fourth-order valence-electron chi connectivity index (χ4n) is 0.734. The molecule has 62 valence electrons. The lowest BCUT2D eigenvalue weighted by molar-refractivity contribution is -0.131. The number of hydrogen-bond acceptors (Lipinski definition) is 3. The summed E-state index contributed by atoms with van der Waals surface area (Å²) in [5, 5.41) is 2.40. The highest BCUT2D eigenvalue weighted by Crippen LogP contribution is 1.93. The predicted molar refractivity (Wildman–Crippen MR) is 42.1 cm³/mol. The number of hydrogen-bond donors (Lipinski definition) is 1. The highest BCUT2D eigenvalue weighted by molar-refractivity contribution is 6.23. The number of pyridine rings is 1. The monoisotopic (exact) mass is 164 g/mol. The highest BCUT2D eigenvalue weighted by atomic mass is 16.2. The molecule has 0 saturated heterocycles. The van der Waals surface area contributed by atoms with Gasteiger partial charge < -0.3 is 5.32 Å². The maximum absolute atomic E-state index is 10.5. The second-order valence-corrected chi connectivity index (χ2v) is 2.20. The summed E-state index contributed by atoms with van der Waals surface area (Å²) < 4.78 is 0. The Bertz CT molecular complexity index is 272. The molecule has 1 amide bonds. The number of nitrogens with zero attached hydrogens (tertiary/aromatic N) is 1. The van der Waals surface area contributed by atoms with E-state index in [0.29, 0.717) is 6.54 Å². The number of aromatic nitrogens is 1. The van der Waals surface area contributed by atoms with Crippen LogP contribution in [0.3, 0.4) is 0 Å². The fraction of sp³-hybridized carbons (Fsp3) is 0.125. The van der Waals surface area contributed by atoms with Crippen molar-refractivity contribution in [2.75, 3.05) is 0 Å². The molecule has 0 spiro atoms. The predicted octanol–water partition coefficient (Wildman–Crippen LogP) is -0.103. The van der Waals surface area contributed by atoms with Gasteiger partial charge in [0.15, 0.2) is 0 Å². The van der Waals surface area contributed by atoms with Crippen LogP contribution in [-0.2, 0) is 16.1 Å². The van der Waals surface area contributed by atoms with Gasteiger partial charge >= 0.3 is 0 Å².